The highest BCUT2D eigenvalue weighted by atomic mass is 19.1. The molecule has 0 bridgehead atoms. The molecule has 13 nitrogen and oxygen atoms in total. The van der Waals surface area contributed by atoms with Crippen LogP contribution in [-0.4, -0.2) is 56.1 Å². The van der Waals surface area contributed by atoms with Crippen LogP contribution in [-0.2, 0) is 21.5 Å². The standard InChI is InChI=1S/C29H26F2N8O5/c1-29(26(40)41,16-8-10-18(43-2)11-9-16)38(28(42)44-3)23-24(32)35-27(36-25(23)33)39-21-13-17(30)14-34-22(21)20(37-39)12-15-6-4-5-7-19(15)31/h4-11,13-14H,12H2,1-3H3,(H,40,41)(H4,32,33,35,36). The number of halogens is 2. The monoisotopic (exact) mass is 604 g/mol. The number of carboxylic acids is 1. The van der Waals surface area contributed by atoms with E-state index in [-0.39, 0.29) is 40.3 Å². The summed E-state index contributed by atoms with van der Waals surface area (Å²) in [4.78, 5) is 39.4. The summed E-state index contributed by atoms with van der Waals surface area (Å²) >= 11 is 0. The molecule has 5 N–H and O–H groups in total. The van der Waals surface area contributed by atoms with Crippen molar-refractivity contribution in [3.63, 3.8) is 0 Å². The summed E-state index contributed by atoms with van der Waals surface area (Å²) in [5, 5.41) is 14.9. The Hall–Kier alpha value is -5.86. The van der Waals surface area contributed by atoms with E-state index in [0.717, 1.165) is 29.0 Å². The van der Waals surface area contributed by atoms with Gasteiger partial charge in [0.15, 0.2) is 17.2 Å². The fourth-order valence-electron chi connectivity index (χ4n) is 4.78. The molecule has 0 aliphatic heterocycles. The van der Waals surface area contributed by atoms with Gasteiger partial charge < -0.3 is 26.0 Å². The number of carbonyl (C=O) groups is 2. The summed E-state index contributed by atoms with van der Waals surface area (Å²) in [6, 6.07) is 13.2. The Labute approximate surface area is 248 Å². The van der Waals surface area contributed by atoms with Gasteiger partial charge in [0, 0.05) is 12.5 Å². The number of carboxylic acid groups (broad SMARTS) is 1. The molecule has 1 atom stereocenters. The quantitative estimate of drug-likeness (QED) is 0.234. The number of rotatable bonds is 8. The van der Waals surface area contributed by atoms with Crippen molar-refractivity contribution in [3.05, 3.63) is 89.2 Å². The number of nitrogens with two attached hydrogens (primary N) is 2. The smallest absolute Gasteiger partial charge is 0.415 e. The van der Waals surface area contributed by atoms with E-state index in [1.54, 1.807) is 18.2 Å². The number of amides is 1. The number of hydrogen-bond acceptors (Lipinski definition) is 10. The highest BCUT2D eigenvalue weighted by Gasteiger charge is 2.48. The fourth-order valence-corrected chi connectivity index (χ4v) is 4.78. The zero-order chi connectivity index (χ0) is 31.8. The number of fused-ring (bicyclic) bond motifs is 1. The number of hydrogen-bond donors (Lipinski definition) is 3. The Morgan fingerprint density at radius 3 is 2.30 bits per heavy atom. The van der Waals surface area contributed by atoms with E-state index >= 15 is 0 Å². The molecule has 3 heterocycles. The Bertz CT molecular complexity index is 1880. The number of nitrogen functional groups attached to an aromatic ring is 2. The maximum absolute atomic E-state index is 14.4. The minimum Gasteiger partial charge on any atom is -0.497 e. The second kappa shape index (κ2) is 11.4. The molecule has 0 fully saturated rings. The number of benzene rings is 2. The largest absolute Gasteiger partial charge is 0.497 e. The van der Waals surface area contributed by atoms with E-state index in [1.807, 2.05) is 0 Å². The molecule has 0 saturated heterocycles. The maximum Gasteiger partial charge on any atom is 0.415 e. The summed E-state index contributed by atoms with van der Waals surface area (Å²) in [7, 11) is 2.50. The van der Waals surface area contributed by atoms with Crippen molar-refractivity contribution >= 4 is 40.4 Å². The van der Waals surface area contributed by atoms with Crippen molar-refractivity contribution in [1.29, 1.82) is 0 Å². The fraction of sp³-hybridized carbons (Fsp3) is 0.172. The first-order valence-electron chi connectivity index (χ1n) is 13.0. The second-order valence-electron chi connectivity index (χ2n) is 9.70. The van der Waals surface area contributed by atoms with Crippen LogP contribution in [0, 0.1) is 11.6 Å². The first kappa shape index (κ1) is 29.6. The van der Waals surface area contributed by atoms with Gasteiger partial charge in [0.05, 0.1) is 31.6 Å². The topological polar surface area (TPSA) is 185 Å². The Kier molecular flexibility index (Phi) is 7.70. The molecule has 1 unspecified atom stereocenters. The van der Waals surface area contributed by atoms with Crippen LogP contribution in [0.4, 0.5) is 30.9 Å². The van der Waals surface area contributed by atoms with Crippen LogP contribution in [0.15, 0.2) is 60.8 Å². The molecular weight excluding hydrogens is 578 g/mol. The number of pyridine rings is 1. The van der Waals surface area contributed by atoms with Gasteiger partial charge in [0.1, 0.15) is 28.6 Å². The third-order valence-corrected chi connectivity index (χ3v) is 7.08. The third-order valence-electron chi connectivity index (χ3n) is 7.08. The van der Waals surface area contributed by atoms with E-state index in [9.17, 15) is 23.5 Å². The average Bonchev–Trinajstić information content (AvgIpc) is 3.36. The predicted molar refractivity (Wildman–Crippen MR) is 155 cm³/mol. The normalized spacial score (nSPS) is 12.5. The van der Waals surface area contributed by atoms with Crippen LogP contribution in [0.2, 0.25) is 0 Å². The summed E-state index contributed by atoms with van der Waals surface area (Å²) in [6.45, 7) is 1.26. The van der Waals surface area contributed by atoms with Crippen molar-refractivity contribution in [2.24, 2.45) is 0 Å². The van der Waals surface area contributed by atoms with Crippen molar-refractivity contribution in [2.45, 2.75) is 18.9 Å². The first-order chi connectivity index (χ1) is 21.0. The maximum atomic E-state index is 14.4. The molecule has 1 amide bonds. The SMILES string of the molecule is COC(=O)N(c1c(N)nc(-n2nc(Cc3ccccc3F)c3ncc(F)cc32)nc1N)C(C)(C(=O)O)c1ccc(OC)cc1. The van der Waals surface area contributed by atoms with Gasteiger partial charge in [0.25, 0.3) is 5.95 Å². The van der Waals surface area contributed by atoms with Crippen molar-refractivity contribution in [2.75, 3.05) is 30.6 Å². The molecule has 0 saturated carbocycles. The average molecular weight is 605 g/mol. The molecule has 0 spiro atoms. The third kappa shape index (κ3) is 5.04. The zero-order valence-electron chi connectivity index (χ0n) is 23.7. The summed E-state index contributed by atoms with van der Waals surface area (Å²) in [5.74, 6) is -3.23. The lowest BCUT2D eigenvalue weighted by Gasteiger charge is -2.37. The van der Waals surface area contributed by atoms with Gasteiger partial charge in [-0.05, 0) is 36.2 Å². The summed E-state index contributed by atoms with van der Waals surface area (Å²) < 4.78 is 40.0. The van der Waals surface area contributed by atoms with Crippen LogP contribution in [0.25, 0.3) is 17.0 Å². The van der Waals surface area contributed by atoms with Crippen molar-refractivity contribution in [1.82, 2.24) is 24.7 Å². The van der Waals surface area contributed by atoms with E-state index in [0.29, 0.717) is 11.3 Å². The highest BCUT2D eigenvalue weighted by molar-refractivity contribution is 6.03. The Morgan fingerprint density at radius 2 is 1.70 bits per heavy atom. The molecule has 15 heteroatoms. The second-order valence-corrected chi connectivity index (χ2v) is 9.70. The van der Waals surface area contributed by atoms with Crippen LogP contribution >= 0.6 is 0 Å². The zero-order valence-corrected chi connectivity index (χ0v) is 23.7. The number of methoxy groups -OCH3 is 2. The van der Waals surface area contributed by atoms with E-state index in [4.69, 9.17) is 20.9 Å². The molecule has 2 aromatic carbocycles. The van der Waals surface area contributed by atoms with Gasteiger partial charge in [-0.1, -0.05) is 30.3 Å². The Balaban J connectivity index is 1.67. The van der Waals surface area contributed by atoms with E-state index in [1.165, 1.54) is 44.4 Å². The number of anilines is 3. The predicted octanol–water partition coefficient (Wildman–Crippen LogP) is 3.83. The van der Waals surface area contributed by atoms with Gasteiger partial charge >= 0.3 is 12.1 Å². The first-order valence-corrected chi connectivity index (χ1v) is 13.0. The van der Waals surface area contributed by atoms with Crippen LogP contribution < -0.4 is 21.1 Å². The summed E-state index contributed by atoms with van der Waals surface area (Å²) in [5.41, 5.74) is 11.3. The molecule has 44 heavy (non-hydrogen) atoms. The van der Waals surface area contributed by atoms with E-state index in [2.05, 4.69) is 20.1 Å². The molecular formula is C29H26F2N8O5. The number of ether oxygens (including phenoxy) is 2. The highest BCUT2D eigenvalue weighted by Crippen LogP contribution is 2.40. The minimum absolute atomic E-state index is 0.00675. The van der Waals surface area contributed by atoms with Crippen LogP contribution in [0.5, 0.6) is 5.75 Å². The van der Waals surface area contributed by atoms with E-state index < -0.39 is 40.9 Å². The summed E-state index contributed by atoms with van der Waals surface area (Å²) in [6.07, 6.45) is -0.123. The van der Waals surface area contributed by atoms with Gasteiger partial charge in [-0.15, -0.1) is 0 Å². The van der Waals surface area contributed by atoms with Gasteiger partial charge in [-0.25, -0.2) is 28.3 Å². The lowest BCUT2D eigenvalue weighted by Crippen LogP contribution is -2.53. The number of nitrogens with zero attached hydrogens (tertiary/aromatic N) is 6. The van der Waals surface area contributed by atoms with Gasteiger partial charge in [-0.3, -0.25) is 0 Å². The van der Waals surface area contributed by atoms with Gasteiger partial charge in [-0.2, -0.15) is 19.7 Å². The van der Waals surface area contributed by atoms with Crippen molar-refractivity contribution < 1.29 is 33.0 Å². The molecule has 3 aromatic heterocycles. The number of aliphatic carboxylic acids is 1. The number of carbonyl (C=O) groups excluding carboxylic acids is 1. The van der Waals surface area contributed by atoms with Crippen LogP contribution in [0.3, 0.4) is 0 Å². The molecule has 0 aliphatic rings. The van der Waals surface area contributed by atoms with Gasteiger partial charge in [0.2, 0.25) is 0 Å². The Morgan fingerprint density at radius 1 is 1.05 bits per heavy atom. The van der Waals surface area contributed by atoms with Crippen molar-refractivity contribution in [3.8, 4) is 11.7 Å². The minimum atomic E-state index is -2.12. The lowest BCUT2D eigenvalue weighted by atomic mass is 9.89. The molecule has 5 rings (SSSR count). The molecule has 5 aromatic rings. The molecule has 226 valence electrons. The molecule has 0 aliphatic carbocycles. The molecule has 0 radical (unpaired) electrons. The lowest BCUT2D eigenvalue weighted by molar-refractivity contribution is -0.143. The number of aromatic nitrogens is 5. The van der Waals surface area contributed by atoms with Crippen LogP contribution in [0.1, 0.15) is 23.7 Å².